The molecule has 0 atom stereocenters. The number of allylic oxidation sites excluding steroid dienone is 1. The fraction of sp³-hybridized carbons (Fsp3) is 0.500. The maximum Gasteiger partial charge on any atom is 0.336 e. The molecule has 0 amide bonds. The van der Waals surface area contributed by atoms with Crippen LogP contribution in [-0.2, 0) is 19.2 Å². The highest BCUT2D eigenvalue weighted by atomic mass is 32.2. The van der Waals surface area contributed by atoms with Crippen LogP contribution in [0.5, 0.6) is 0 Å². The van der Waals surface area contributed by atoms with Gasteiger partial charge in [0.1, 0.15) is 12.8 Å². The van der Waals surface area contributed by atoms with Crippen LogP contribution in [0.25, 0.3) is 0 Å². The van der Waals surface area contributed by atoms with Crippen molar-refractivity contribution in [3.8, 4) is 0 Å². The van der Waals surface area contributed by atoms with Crippen LogP contribution < -0.4 is 0 Å². The van der Waals surface area contributed by atoms with Gasteiger partial charge in [-0.3, -0.25) is 4.79 Å². The highest BCUT2D eigenvalue weighted by Crippen LogP contribution is 2.15. The largest absolute Gasteiger partial charge is 0.463 e. The third kappa shape index (κ3) is 5.78. The molecule has 0 aromatic heterocycles. The van der Waals surface area contributed by atoms with E-state index < -0.39 is 16.3 Å². The smallest absolute Gasteiger partial charge is 0.336 e. The van der Waals surface area contributed by atoms with Crippen molar-refractivity contribution >= 4 is 42.7 Å². The minimum absolute atomic E-state index is 0.0640. The molecule has 0 fully saturated rings. The van der Waals surface area contributed by atoms with E-state index in [2.05, 4.69) is 35.3 Å². The lowest BCUT2D eigenvalue weighted by molar-refractivity contribution is -0.138. The Labute approximate surface area is 111 Å². The number of carbonyl (C=O) groups excluding carboxylic acids is 2. The molecule has 0 unspecified atom stereocenters. The number of thiol groups is 2. The fourth-order valence-electron chi connectivity index (χ4n) is 0.881. The second-order valence-electron chi connectivity index (χ2n) is 2.92. The highest BCUT2D eigenvalue weighted by molar-refractivity contribution is 7.99. The van der Waals surface area contributed by atoms with Crippen molar-refractivity contribution in [2.45, 2.75) is 18.4 Å². The highest BCUT2D eigenvalue weighted by Gasteiger charge is 2.18. The molecule has 0 aromatic carbocycles. The van der Waals surface area contributed by atoms with Crippen LogP contribution in [0.4, 0.5) is 0 Å². The molecule has 0 N–H and O–H groups in total. The van der Waals surface area contributed by atoms with Gasteiger partial charge in [0.2, 0.25) is 5.78 Å². The van der Waals surface area contributed by atoms with Gasteiger partial charge in [-0.1, -0.05) is 5.16 Å². The number of ketones is 1. The molecule has 0 aromatic rings. The van der Waals surface area contributed by atoms with Gasteiger partial charge < -0.3 is 9.57 Å². The van der Waals surface area contributed by atoms with Crippen molar-refractivity contribution in [1.29, 1.82) is 0 Å². The summed E-state index contributed by atoms with van der Waals surface area (Å²) in [5.41, 5.74) is 0.186. The average Bonchev–Trinajstić information content (AvgIpc) is 2.25. The fourth-order valence-corrected chi connectivity index (χ4v) is 1.24. The number of esters is 1. The summed E-state index contributed by atoms with van der Waals surface area (Å²) < 4.78 is 4.08. The minimum atomic E-state index is -0.701. The van der Waals surface area contributed by atoms with E-state index in [4.69, 9.17) is 4.74 Å². The summed E-state index contributed by atoms with van der Waals surface area (Å²) in [5, 5.41) is 3.46. The Balaban J connectivity index is 5.01. The van der Waals surface area contributed by atoms with Crippen LogP contribution in [0.15, 0.2) is 16.8 Å². The van der Waals surface area contributed by atoms with Gasteiger partial charge in [0.15, 0.2) is 0 Å². The zero-order chi connectivity index (χ0) is 13.4. The molecule has 0 rings (SSSR count). The Kier molecular flexibility index (Phi) is 7.73. The molecular formula is C10H15NO4S2. The third-order valence-electron chi connectivity index (χ3n) is 1.66. The molecule has 96 valence electrons. The standard InChI is InChI=1S/C10H15NO4S2/c1-4-15-9(13)7(10(16)17)5-8(12)6(2)11-14-3/h5,10,16-17H,4H2,1-3H3. The molecule has 0 spiro atoms. The monoisotopic (exact) mass is 277 g/mol. The number of hydrogen-bond acceptors (Lipinski definition) is 7. The summed E-state index contributed by atoms with van der Waals surface area (Å²) in [6.45, 7) is 3.35. The van der Waals surface area contributed by atoms with E-state index in [0.717, 1.165) is 6.08 Å². The number of carbonyl (C=O) groups is 2. The normalized spacial score (nSPS) is 12.6. The Morgan fingerprint density at radius 2 is 2.00 bits per heavy atom. The van der Waals surface area contributed by atoms with Crippen molar-refractivity contribution in [1.82, 2.24) is 0 Å². The predicted octanol–water partition coefficient (Wildman–Crippen LogP) is 1.25. The second-order valence-corrected chi connectivity index (χ2v) is 4.36. The molecule has 0 saturated carbocycles. The topological polar surface area (TPSA) is 65.0 Å². The Bertz CT molecular complexity index is 350. The third-order valence-corrected chi connectivity index (χ3v) is 2.22. The first-order chi connectivity index (χ1) is 7.93. The quantitative estimate of drug-likeness (QED) is 0.191. The van der Waals surface area contributed by atoms with Crippen molar-refractivity contribution in [3.63, 3.8) is 0 Å². The van der Waals surface area contributed by atoms with Crippen molar-refractivity contribution in [2.24, 2.45) is 5.16 Å². The zero-order valence-electron chi connectivity index (χ0n) is 9.84. The molecule has 5 nitrogen and oxygen atoms in total. The summed E-state index contributed by atoms with van der Waals surface area (Å²) in [7, 11) is 1.33. The molecule has 0 bridgehead atoms. The number of oxime groups is 1. The van der Waals surface area contributed by atoms with Crippen molar-refractivity contribution in [3.05, 3.63) is 11.6 Å². The molecule has 0 heterocycles. The van der Waals surface area contributed by atoms with Crippen LogP contribution in [0.3, 0.4) is 0 Å². The number of ether oxygens (including phenoxy) is 1. The first-order valence-electron chi connectivity index (χ1n) is 4.81. The summed E-state index contributed by atoms with van der Waals surface area (Å²) in [5.74, 6) is -1.08. The minimum Gasteiger partial charge on any atom is -0.463 e. The van der Waals surface area contributed by atoms with Gasteiger partial charge in [0.25, 0.3) is 0 Å². The van der Waals surface area contributed by atoms with E-state index >= 15 is 0 Å². The summed E-state index contributed by atoms with van der Waals surface area (Å²) in [6.07, 6.45) is 1.10. The first kappa shape index (κ1) is 16.1. The first-order valence-corrected chi connectivity index (χ1v) is 5.84. The van der Waals surface area contributed by atoms with Gasteiger partial charge in [-0.05, 0) is 19.9 Å². The van der Waals surface area contributed by atoms with Gasteiger partial charge in [-0.25, -0.2) is 4.79 Å². The van der Waals surface area contributed by atoms with Gasteiger partial charge in [0, 0.05) is 0 Å². The summed E-state index contributed by atoms with van der Waals surface area (Å²) >= 11 is 7.98. The number of nitrogens with zero attached hydrogens (tertiary/aromatic N) is 1. The molecule has 0 aliphatic carbocycles. The van der Waals surface area contributed by atoms with E-state index in [1.165, 1.54) is 14.0 Å². The van der Waals surface area contributed by atoms with Gasteiger partial charge >= 0.3 is 5.97 Å². The number of hydrogen-bond donors (Lipinski definition) is 2. The van der Waals surface area contributed by atoms with E-state index in [9.17, 15) is 9.59 Å². The van der Waals surface area contributed by atoms with Crippen LogP contribution in [0, 0.1) is 0 Å². The molecule has 7 heteroatoms. The van der Waals surface area contributed by atoms with Crippen molar-refractivity contribution < 1.29 is 19.2 Å². The second kappa shape index (κ2) is 8.19. The zero-order valence-corrected chi connectivity index (χ0v) is 11.6. The lowest BCUT2D eigenvalue weighted by atomic mass is 10.2. The maximum absolute atomic E-state index is 11.6. The maximum atomic E-state index is 11.6. The molecular weight excluding hydrogens is 262 g/mol. The van der Waals surface area contributed by atoms with E-state index in [1.54, 1.807) is 6.92 Å². The van der Waals surface area contributed by atoms with Crippen LogP contribution >= 0.6 is 25.3 Å². The van der Waals surface area contributed by atoms with Crippen LogP contribution in [-0.4, -0.2) is 35.8 Å². The Morgan fingerprint density at radius 3 is 2.41 bits per heavy atom. The van der Waals surface area contributed by atoms with Crippen LogP contribution in [0.2, 0.25) is 0 Å². The van der Waals surface area contributed by atoms with Crippen molar-refractivity contribution in [2.75, 3.05) is 13.7 Å². The number of rotatable bonds is 6. The van der Waals surface area contributed by atoms with Gasteiger partial charge in [-0.2, -0.15) is 25.3 Å². The SMILES string of the molecule is CCOC(=O)C(=CC(=O)C(C)=NOC)C(S)S. The Morgan fingerprint density at radius 1 is 1.41 bits per heavy atom. The van der Waals surface area contributed by atoms with Gasteiger partial charge in [0.05, 0.1) is 16.8 Å². The molecule has 0 radical (unpaired) electrons. The lowest BCUT2D eigenvalue weighted by Gasteiger charge is -2.08. The van der Waals surface area contributed by atoms with E-state index in [1.807, 2.05) is 0 Å². The average molecular weight is 277 g/mol. The molecule has 0 aliphatic rings. The summed E-state index contributed by atoms with van der Waals surface area (Å²) in [4.78, 5) is 27.5. The Hall–Kier alpha value is -0.950. The molecule has 17 heavy (non-hydrogen) atoms. The van der Waals surface area contributed by atoms with E-state index in [0.29, 0.717) is 0 Å². The van der Waals surface area contributed by atoms with E-state index in [-0.39, 0.29) is 17.9 Å². The lowest BCUT2D eigenvalue weighted by Crippen LogP contribution is -2.17. The summed E-state index contributed by atoms with van der Waals surface area (Å²) in [6, 6.07) is 0. The molecule has 0 saturated heterocycles. The molecule has 0 aliphatic heterocycles. The van der Waals surface area contributed by atoms with Crippen LogP contribution in [0.1, 0.15) is 13.8 Å². The predicted molar refractivity (Wildman–Crippen MR) is 71.6 cm³/mol. The van der Waals surface area contributed by atoms with Gasteiger partial charge in [-0.15, -0.1) is 0 Å².